The number of ether oxygens (including phenoxy) is 2. The molecular formula is C13H20FNO2. The zero-order chi connectivity index (χ0) is 12.7. The maximum atomic E-state index is 13.5. The van der Waals surface area contributed by atoms with Gasteiger partial charge in [-0.3, -0.25) is 0 Å². The van der Waals surface area contributed by atoms with Gasteiger partial charge < -0.3 is 14.8 Å². The lowest BCUT2D eigenvalue weighted by atomic mass is 10.2. The highest BCUT2D eigenvalue weighted by Gasteiger charge is 2.09. The number of rotatable bonds is 7. The molecule has 0 fully saturated rings. The molecule has 4 heteroatoms. The van der Waals surface area contributed by atoms with E-state index in [2.05, 4.69) is 5.32 Å². The monoisotopic (exact) mass is 241 g/mol. The van der Waals surface area contributed by atoms with Gasteiger partial charge in [-0.1, -0.05) is 6.07 Å². The smallest absolute Gasteiger partial charge is 0.174 e. The van der Waals surface area contributed by atoms with E-state index >= 15 is 0 Å². The SMILES string of the molecule is CCOC(CNc1ccc(C)cc1F)OCC. The van der Waals surface area contributed by atoms with E-state index in [0.717, 1.165) is 5.56 Å². The van der Waals surface area contributed by atoms with Gasteiger partial charge in [-0.15, -0.1) is 0 Å². The molecule has 1 rings (SSSR count). The molecule has 0 aliphatic rings. The highest BCUT2D eigenvalue weighted by molar-refractivity contribution is 5.46. The van der Waals surface area contributed by atoms with Gasteiger partial charge in [0, 0.05) is 13.2 Å². The van der Waals surface area contributed by atoms with Crippen LogP contribution in [-0.2, 0) is 9.47 Å². The lowest BCUT2D eigenvalue weighted by Crippen LogP contribution is -2.26. The number of benzene rings is 1. The Kier molecular flexibility index (Phi) is 5.94. The molecule has 0 saturated carbocycles. The quantitative estimate of drug-likeness (QED) is 0.744. The standard InChI is InChI=1S/C13H20FNO2/c1-4-16-13(17-5-2)9-15-12-7-6-10(3)8-11(12)14/h6-8,13,15H,4-5,9H2,1-3H3. The third-order valence-corrected chi connectivity index (χ3v) is 2.29. The van der Waals surface area contributed by atoms with Gasteiger partial charge in [0.2, 0.25) is 0 Å². The molecule has 17 heavy (non-hydrogen) atoms. The average Bonchev–Trinajstić information content (AvgIpc) is 2.28. The number of nitrogens with one attached hydrogen (secondary N) is 1. The minimum atomic E-state index is -0.342. The molecular weight excluding hydrogens is 221 g/mol. The Morgan fingerprint density at radius 1 is 1.24 bits per heavy atom. The molecule has 3 nitrogen and oxygen atoms in total. The summed E-state index contributed by atoms with van der Waals surface area (Å²) in [5, 5.41) is 2.98. The zero-order valence-corrected chi connectivity index (χ0v) is 10.6. The Morgan fingerprint density at radius 2 is 1.88 bits per heavy atom. The van der Waals surface area contributed by atoms with E-state index < -0.39 is 0 Å². The Bertz CT molecular complexity index is 338. The van der Waals surface area contributed by atoms with Crippen LogP contribution >= 0.6 is 0 Å². The molecule has 0 heterocycles. The third kappa shape index (κ3) is 4.71. The fourth-order valence-corrected chi connectivity index (χ4v) is 1.49. The lowest BCUT2D eigenvalue weighted by molar-refractivity contribution is -0.126. The summed E-state index contributed by atoms with van der Waals surface area (Å²) in [5.74, 6) is -0.253. The van der Waals surface area contributed by atoms with Crippen LogP contribution < -0.4 is 5.32 Å². The fraction of sp³-hybridized carbons (Fsp3) is 0.538. The van der Waals surface area contributed by atoms with E-state index in [1.54, 1.807) is 6.07 Å². The number of anilines is 1. The van der Waals surface area contributed by atoms with Crippen molar-refractivity contribution in [1.82, 2.24) is 0 Å². The molecule has 1 aromatic carbocycles. The highest BCUT2D eigenvalue weighted by atomic mass is 19.1. The van der Waals surface area contributed by atoms with Crippen LogP contribution in [0.4, 0.5) is 10.1 Å². The van der Waals surface area contributed by atoms with Crippen molar-refractivity contribution in [2.75, 3.05) is 25.1 Å². The second kappa shape index (κ2) is 7.25. The van der Waals surface area contributed by atoms with Crippen molar-refractivity contribution < 1.29 is 13.9 Å². The number of halogens is 1. The summed E-state index contributed by atoms with van der Waals surface area (Å²) in [6.45, 7) is 7.24. The van der Waals surface area contributed by atoms with E-state index in [1.807, 2.05) is 26.8 Å². The maximum Gasteiger partial charge on any atom is 0.174 e. The van der Waals surface area contributed by atoms with E-state index in [0.29, 0.717) is 25.4 Å². The van der Waals surface area contributed by atoms with Crippen LogP contribution in [0.1, 0.15) is 19.4 Å². The van der Waals surface area contributed by atoms with Gasteiger partial charge in [0.05, 0.1) is 12.2 Å². The molecule has 0 spiro atoms. The summed E-state index contributed by atoms with van der Waals surface area (Å²) in [7, 11) is 0. The van der Waals surface area contributed by atoms with Crippen molar-refractivity contribution in [2.45, 2.75) is 27.1 Å². The van der Waals surface area contributed by atoms with Crippen LogP contribution in [0.25, 0.3) is 0 Å². The molecule has 0 unspecified atom stereocenters. The molecule has 96 valence electrons. The topological polar surface area (TPSA) is 30.5 Å². The second-order valence-electron chi connectivity index (χ2n) is 3.70. The van der Waals surface area contributed by atoms with Gasteiger partial charge in [-0.2, -0.15) is 0 Å². The van der Waals surface area contributed by atoms with Crippen molar-refractivity contribution in [3.63, 3.8) is 0 Å². The Labute approximate surface area is 102 Å². The van der Waals surface area contributed by atoms with Crippen molar-refractivity contribution >= 4 is 5.69 Å². The van der Waals surface area contributed by atoms with Crippen LogP contribution in [0, 0.1) is 12.7 Å². The van der Waals surface area contributed by atoms with Gasteiger partial charge in [0.25, 0.3) is 0 Å². The predicted octanol–water partition coefficient (Wildman–Crippen LogP) is 2.95. The Balaban J connectivity index is 2.52. The predicted molar refractivity (Wildman–Crippen MR) is 66.7 cm³/mol. The molecule has 1 N–H and O–H groups in total. The largest absolute Gasteiger partial charge is 0.378 e. The minimum absolute atomic E-state index is 0.253. The molecule has 0 radical (unpaired) electrons. The average molecular weight is 241 g/mol. The van der Waals surface area contributed by atoms with Gasteiger partial charge in [0.1, 0.15) is 5.82 Å². The normalized spacial score (nSPS) is 10.9. The lowest BCUT2D eigenvalue weighted by Gasteiger charge is -2.18. The first-order chi connectivity index (χ1) is 8.17. The molecule has 0 amide bonds. The van der Waals surface area contributed by atoms with E-state index in [-0.39, 0.29) is 12.1 Å². The van der Waals surface area contributed by atoms with Crippen molar-refractivity contribution in [3.8, 4) is 0 Å². The first kappa shape index (κ1) is 13.9. The maximum absolute atomic E-state index is 13.5. The second-order valence-corrected chi connectivity index (χ2v) is 3.70. The summed E-state index contributed by atoms with van der Waals surface area (Å²) >= 11 is 0. The van der Waals surface area contributed by atoms with Crippen molar-refractivity contribution in [2.24, 2.45) is 0 Å². The van der Waals surface area contributed by atoms with Crippen LogP contribution in [0.15, 0.2) is 18.2 Å². The van der Waals surface area contributed by atoms with Crippen LogP contribution in [0.2, 0.25) is 0 Å². The van der Waals surface area contributed by atoms with E-state index in [1.165, 1.54) is 6.07 Å². The van der Waals surface area contributed by atoms with Crippen molar-refractivity contribution in [3.05, 3.63) is 29.6 Å². The summed E-state index contributed by atoms with van der Waals surface area (Å²) in [5.41, 5.74) is 1.37. The fourth-order valence-electron chi connectivity index (χ4n) is 1.49. The molecule has 0 bridgehead atoms. The molecule has 0 aliphatic carbocycles. The number of aryl methyl sites for hydroxylation is 1. The summed E-state index contributed by atoms with van der Waals surface area (Å²) < 4.78 is 24.2. The number of hydrogen-bond donors (Lipinski definition) is 1. The van der Waals surface area contributed by atoms with Crippen LogP contribution in [-0.4, -0.2) is 26.0 Å². The van der Waals surface area contributed by atoms with Gasteiger partial charge in [-0.25, -0.2) is 4.39 Å². The zero-order valence-electron chi connectivity index (χ0n) is 10.6. The van der Waals surface area contributed by atoms with E-state index in [4.69, 9.17) is 9.47 Å². The Morgan fingerprint density at radius 3 is 2.41 bits per heavy atom. The summed E-state index contributed by atoms with van der Waals surface area (Å²) in [4.78, 5) is 0. The minimum Gasteiger partial charge on any atom is -0.378 e. The molecule has 0 atom stereocenters. The first-order valence-electron chi connectivity index (χ1n) is 5.90. The summed E-state index contributed by atoms with van der Waals surface area (Å²) in [6.07, 6.45) is -0.342. The molecule has 0 saturated heterocycles. The molecule has 0 aromatic heterocycles. The van der Waals surface area contributed by atoms with Crippen LogP contribution in [0.3, 0.4) is 0 Å². The third-order valence-electron chi connectivity index (χ3n) is 2.29. The summed E-state index contributed by atoms with van der Waals surface area (Å²) in [6, 6.07) is 5.08. The van der Waals surface area contributed by atoms with Gasteiger partial charge in [0.15, 0.2) is 6.29 Å². The molecule has 1 aromatic rings. The van der Waals surface area contributed by atoms with Gasteiger partial charge in [-0.05, 0) is 38.5 Å². The first-order valence-corrected chi connectivity index (χ1v) is 5.90. The van der Waals surface area contributed by atoms with Crippen LogP contribution in [0.5, 0.6) is 0 Å². The van der Waals surface area contributed by atoms with E-state index in [9.17, 15) is 4.39 Å². The number of hydrogen-bond acceptors (Lipinski definition) is 3. The highest BCUT2D eigenvalue weighted by Crippen LogP contribution is 2.15. The Hall–Kier alpha value is -1.13. The van der Waals surface area contributed by atoms with Gasteiger partial charge >= 0.3 is 0 Å². The molecule has 0 aliphatic heterocycles. The van der Waals surface area contributed by atoms with Crippen molar-refractivity contribution in [1.29, 1.82) is 0 Å².